The number of aromatic nitrogens is 2. The standard InChI is InChI=1S/C26H38N8O4.ClH/c1-18-15-31(9-7-21(18)27)16-19-3-5-20(6-4-19)34-10-8-22(30-25(34)38)29-24(37)33-13-11-32(12-14-33)23(36)26(2,28)17-35;/h3-6,8,10,18,21,35H,7,9,11-17,27-28H2,1-2H3,(H,29,30,37,38);1H. The van der Waals surface area contributed by atoms with Gasteiger partial charge in [-0.3, -0.25) is 19.6 Å². The van der Waals surface area contributed by atoms with Crippen LogP contribution in [-0.2, 0) is 11.3 Å². The van der Waals surface area contributed by atoms with Gasteiger partial charge in [0.25, 0.3) is 0 Å². The van der Waals surface area contributed by atoms with Crippen LogP contribution < -0.4 is 22.5 Å². The number of hydrogen-bond acceptors (Lipinski definition) is 8. The predicted octanol–water partition coefficient (Wildman–Crippen LogP) is 0.209. The Labute approximate surface area is 234 Å². The molecule has 13 heteroatoms. The van der Waals surface area contributed by atoms with Gasteiger partial charge in [0, 0.05) is 51.5 Å². The van der Waals surface area contributed by atoms with Crippen molar-refractivity contribution in [1.82, 2.24) is 24.3 Å². The highest BCUT2D eigenvalue weighted by molar-refractivity contribution is 5.89. The molecule has 0 spiro atoms. The normalized spacial score (nSPS) is 21.6. The number of amides is 3. The van der Waals surface area contributed by atoms with Gasteiger partial charge in [-0.05, 0) is 49.6 Å². The average Bonchev–Trinajstić information content (AvgIpc) is 2.91. The van der Waals surface area contributed by atoms with Crippen LogP contribution in [0.4, 0.5) is 10.6 Å². The van der Waals surface area contributed by atoms with E-state index in [1.807, 2.05) is 24.3 Å². The maximum atomic E-state index is 12.7. The molecule has 1 aromatic carbocycles. The second kappa shape index (κ2) is 12.9. The number of halogens is 1. The molecular formula is C26H39ClN8O4. The van der Waals surface area contributed by atoms with Crippen LogP contribution in [0.3, 0.4) is 0 Å². The van der Waals surface area contributed by atoms with Gasteiger partial charge in [-0.2, -0.15) is 4.98 Å². The summed E-state index contributed by atoms with van der Waals surface area (Å²) < 4.78 is 1.43. The van der Waals surface area contributed by atoms with Crippen molar-refractivity contribution in [3.8, 4) is 5.69 Å². The Bertz CT molecular complexity index is 1200. The number of benzene rings is 1. The smallest absolute Gasteiger partial charge is 0.354 e. The third kappa shape index (κ3) is 7.34. The second-order valence-electron chi connectivity index (χ2n) is 10.6. The molecule has 12 nitrogen and oxygen atoms in total. The summed E-state index contributed by atoms with van der Waals surface area (Å²) in [5.74, 6) is 0.266. The number of carbonyl (C=O) groups is 2. The van der Waals surface area contributed by atoms with E-state index in [1.54, 1.807) is 17.2 Å². The summed E-state index contributed by atoms with van der Waals surface area (Å²) in [5.41, 5.74) is 12.0. The van der Waals surface area contributed by atoms with Gasteiger partial charge < -0.3 is 26.4 Å². The van der Waals surface area contributed by atoms with E-state index in [9.17, 15) is 19.5 Å². The minimum Gasteiger partial charge on any atom is -0.394 e. The van der Waals surface area contributed by atoms with Crippen LogP contribution in [0, 0.1) is 5.92 Å². The number of anilines is 1. The number of rotatable bonds is 6. The molecule has 3 heterocycles. The number of aliphatic hydroxyl groups is 1. The Kier molecular flexibility index (Phi) is 10.1. The fourth-order valence-electron chi connectivity index (χ4n) is 4.81. The van der Waals surface area contributed by atoms with Gasteiger partial charge >= 0.3 is 11.7 Å². The summed E-state index contributed by atoms with van der Waals surface area (Å²) in [6.45, 7) is 7.19. The van der Waals surface area contributed by atoms with Crippen LogP contribution in [0.2, 0.25) is 0 Å². The Morgan fingerprint density at radius 1 is 1.10 bits per heavy atom. The first-order valence-corrected chi connectivity index (χ1v) is 13.0. The lowest BCUT2D eigenvalue weighted by Crippen LogP contribution is -2.60. The van der Waals surface area contributed by atoms with Crippen LogP contribution in [0.15, 0.2) is 41.3 Å². The van der Waals surface area contributed by atoms with Crippen LogP contribution in [0.5, 0.6) is 0 Å². The summed E-state index contributed by atoms with van der Waals surface area (Å²) >= 11 is 0. The zero-order chi connectivity index (χ0) is 27.4. The van der Waals surface area contributed by atoms with Crippen molar-refractivity contribution in [2.24, 2.45) is 17.4 Å². The molecule has 0 bridgehead atoms. The fraction of sp³-hybridized carbons (Fsp3) is 0.538. The minimum atomic E-state index is -1.35. The lowest BCUT2D eigenvalue weighted by molar-refractivity contribution is -0.139. The number of urea groups is 1. The van der Waals surface area contributed by atoms with E-state index in [1.165, 1.54) is 16.4 Å². The highest BCUT2D eigenvalue weighted by Gasteiger charge is 2.34. The molecule has 2 aliphatic heterocycles. The molecule has 2 fully saturated rings. The molecule has 2 aliphatic rings. The van der Waals surface area contributed by atoms with Gasteiger partial charge in [0.15, 0.2) is 0 Å². The maximum Gasteiger partial charge on any atom is 0.354 e. The van der Waals surface area contributed by atoms with E-state index in [4.69, 9.17) is 11.5 Å². The Hall–Kier alpha value is -3.03. The van der Waals surface area contributed by atoms with Crippen molar-refractivity contribution in [3.63, 3.8) is 0 Å². The SMILES string of the molecule is CC1CN(Cc2ccc(-n3ccc(NC(=O)N4CCN(C(=O)C(C)(N)CO)CC4)nc3=O)cc2)CCC1N.Cl. The molecule has 3 atom stereocenters. The first kappa shape index (κ1) is 30.5. The molecule has 39 heavy (non-hydrogen) atoms. The summed E-state index contributed by atoms with van der Waals surface area (Å²) in [6.07, 6.45) is 2.58. The highest BCUT2D eigenvalue weighted by atomic mass is 35.5. The van der Waals surface area contributed by atoms with Crippen molar-refractivity contribution in [2.45, 2.75) is 38.4 Å². The van der Waals surface area contributed by atoms with Gasteiger partial charge in [0.1, 0.15) is 11.4 Å². The van der Waals surface area contributed by atoms with E-state index < -0.39 is 23.9 Å². The van der Waals surface area contributed by atoms with Gasteiger partial charge in [-0.25, -0.2) is 9.59 Å². The van der Waals surface area contributed by atoms with Crippen molar-refractivity contribution in [3.05, 3.63) is 52.6 Å². The Morgan fingerprint density at radius 3 is 2.33 bits per heavy atom. The van der Waals surface area contributed by atoms with Crippen molar-refractivity contribution in [2.75, 3.05) is 51.2 Å². The number of nitrogens with one attached hydrogen (secondary N) is 1. The van der Waals surface area contributed by atoms with Crippen molar-refractivity contribution >= 4 is 30.2 Å². The largest absolute Gasteiger partial charge is 0.394 e. The van der Waals surface area contributed by atoms with Gasteiger partial charge in [0.05, 0.1) is 12.3 Å². The molecule has 3 amide bonds. The zero-order valence-corrected chi connectivity index (χ0v) is 23.3. The number of hydrogen-bond donors (Lipinski definition) is 4. The van der Waals surface area contributed by atoms with E-state index in [-0.39, 0.29) is 30.2 Å². The third-order valence-corrected chi connectivity index (χ3v) is 7.39. The molecule has 0 radical (unpaired) electrons. The first-order chi connectivity index (χ1) is 18.1. The van der Waals surface area contributed by atoms with Gasteiger partial charge in [0.2, 0.25) is 5.91 Å². The number of nitrogens with zero attached hydrogens (tertiary/aromatic N) is 5. The number of piperazine rings is 1. The number of likely N-dealkylation sites (tertiary alicyclic amines) is 1. The number of carbonyl (C=O) groups excluding carboxylic acids is 2. The first-order valence-electron chi connectivity index (χ1n) is 13.0. The zero-order valence-electron chi connectivity index (χ0n) is 22.5. The van der Waals surface area contributed by atoms with E-state index in [0.29, 0.717) is 37.8 Å². The topological polar surface area (TPSA) is 163 Å². The van der Waals surface area contributed by atoms with E-state index in [0.717, 1.165) is 31.6 Å². The van der Waals surface area contributed by atoms with Crippen molar-refractivity contribution < 1.29 is 14.7 Å². The molecule has 1 aromatic heterocycles. The molecule has 2 aromatic rings. The summed E-state index contributed by atoms with van der Waals surface area (Å²) in [4.78, 5) is 47.3. The lowest BCUT2D eigenvalue weighted by Gasteiger charge is -2.37. The number of piperidine rings is 1. The quantitative estimate of drug-likeness (QED) is 0.388. The molecule has 4 rings (SSSR count). The molecule has 214 valence electrons. The van der Waals surface area contributed by atoms with E-state index >= 15 is 0 Å². The molecule has 3 unspecified atom stereocenters. The highest BCUT2D eigenvalue weighted by Crippen LogP contribution is 2.18. The second-order valence-corrected chi connectivity index (χ2v) is 10.6. The van der Waals surface area contributed by atoms with Crippen LogP contribution in [-0.4, -0.2) is 98.8 Å². The molecule has 0 saturated carbocycles. The van der Waals surface area contributed by atoms with Gasteiger partial charge in [-0.15, -0.1) is 12.4 Å². The van der Waals surface area contributed by atoms with Crippen LogP contribution in [0.1, 0.15) is 25.8 Å². The summed E-state index contributed by atoms with van der Waals surface area (Å²) in [5, 5.41) is 12.0. The molecule has 6 N–H and O–H groups in total. The molecule has 0 aliphatic carbocycles. The van der Waals surface area contributed by atoms with Crippen LogP contribution >= 0.6 is 12.4 Å². The fourth-order valence-corrected chi connectivity index (χ4v) is 4.81. The predicted molar refractivity (Wildman–Crippen MR) is 151 cm³/mol. The van der Waals surface area contributed by atoms with E-state index in [2.05, 4.69) is 22.1 Å². The van der Waals surface area contributed by atoms with Crippen molar-refractivity contribution in [1.29, 1.82) is 0 Å². The maximum absolute atomic E-state index is 12.7. The Morgan fingerprint density at radius 2 is 1.74 bits per heavy atom. The molecule has 2 saturated heterocycles. The molecular weight excluding hydrogens is 524 g/mol. The Balaban J connectivity index is 0.00000420. The average molecular weight is 563 g/mol. The number of aliphatic hydroxyl groups excluding tert-OH is 1. The summed E-state index contributed by atoms with van der Waals surface area (Å²) in [6, 6.07) is 9.23. The van der Waals surface area contributed by atoms with Crippen LogP contribution in [0.25, 0.3) is 5.69 Å². The number of nitrogens with two attached hydrogens (primary N) is 2. The monoisotopic (exact) mass is 562 g/mol. The lowest BCUT2D eigenvalue weighted by atomic mass is 9.94. The third-order valence-electron chi connectivity index (χ3n) is 7.39. The minimum absolute atomic E-state index is 0. The summed E-state index contributed by atoms with van der Waals surface area (Å²) in [7, 11) is 0. The van der Waals surface area contributed by atoms with Gasteiger partial charge in [-0.1, -0.05) is 19.1 Å².